The van der Waals surface area contributed by atoms with E-state index in [1.165, 1.54) is 11.3 Å². The first-order valence-electron chi connectivity index (χ1n) is 4.92. The molecule has 0 saturated heterocycles. The number of aromatic amines is 1. The van der Waals surface area contributed by atoms with Gasteiger partial charge in [-0.05, 0) is 30.7 Å². The van der Waals surface area contributed by atoms with Crippen LogP contribution < -0.4 is 15.9 Å². The number of H-pyrrole nitrogens is 1. The predicted octanol–water partition coefficient (Wildman–Crippen LogP) is 1.94. The van der Waals surface area contributed by atoms with Gasteiger partial charge in [0.25, 0.3) is 0 Å². The zero-order chi connectivity index (χ0) is 11.5. The maximum absolute atomic E-state index is 10.9. The van der Waals surface area contributed by atoms with Crippen LogP contribution in [0.4, 0.5) is 11.4 Å². The second kappa shape index (κ2) is 4.40. The number of aryl methyl sites for hydroxylation is 1. The van der Waals surface area contributed by atoms with E-state index < -0.39 is 0 Å². The third-order valence-corrected chi connectivity index (χ3v) is 3.01. The van der Waals surface area contributed by atoms with Gasteiger partial charge in [-0.3, -0.25) is 4.79 Å². The summed E-state index contributed by atoms with van der Waals surface area (Å²) in [4.78, 5) is 13.7. The van der Waals surface area contributed by atoms with E-state index in [-0.39, 0.29) is 4.87 Å². The summed E-state index contributed by atoms with van der Waals surface area (Å²) < 4.78 is 0. The number of thiazole rings is 1. The summed E-state index contributed by atoms with van der Waals surface area (Å²) >= 11 is 1.18. The first-order valence-corrected chi connectivity index (χ1v) is 5.80. The lowest BCUT2D eigenvalue weighted by atomic mass is 10.2. The van der Waals surface area contributed by atoms with Crippen molar-refractivity contribution in [3.8, 4) is 0 Å². The Morgan fingerprint density at radius 1 is 1.50 bits per heavy atom. The third-order valence-electron chi connectivity index (χ3n) is 2.29. The highest BCUT2D eigenvalue weighted by atomic mass is 32.1. The van der Waals surface area contributed by atoms with Gasteiger partial charge in [0.05, 0.1) is 6.54 Å². The monoisotopic (exact) mass is 235 g/mol. The van der Waals surface area contributed by atoms with Crippen LogP contribution in [-0.2, 0) is 6.54 Å². The van der Waals surface area contributed by atoms with Gasteiger partial charge in [0.2, 0.25) is 0 Å². The fourth-order valence-corrected chi connectivity index (χ4v) is 2.06. The minimum Gasteiger partial charge on any atom is -0.399 e. The molecule has 1 heterocycles. The zero-order valence-electron chi connectivity index (χ0n) is 8.91. The van der Waals surface area contributed by atoms with Gasteiger partial charge in [0.1, 0.15) is 0 Å². The van der Waals surface area contributed by atoms with Crippen molar-refractivity contribution in [1.29, 1.82) is 0 Å². The van der Waals surface area contributed by atoms with Crippen molar-refractivity contribution in [1.82, 2.24) is 4.98 Å². The van der Waals surface area contributed by atoms with Crippen LogP contribution in [0, 0.1) is 6.92 Å². The highest BCUT2D eigenvalue weighted by molar-refractivity contribution is 7.07. The SMILES string of the molecule is Cc1cc(N)ccc1NCc1csc(=O)[nH]1. The summed E-state index contributed by atoms with van der Waals surface area (Å²) in [5, 5.41) is 5.07. The molecule has 5 heteroatoms. The Morgan fingerprint density at radius 3 is 2.94 bits per heavy atom. The second-order valence-corrected chi connectivity index (χ2v) is 4.44. The number of hydrogen-bond donors (Lipinski definition) is 3. The Morgan fingerprint density at radius 2 is 2.31 bits per heavy atom. The van der Waals surface area contributed by atoms with Crippen LogP contribution in [0.25, 0.3) is 0 Å². The van der Waals surface area contributed by atoms with Crippen molar-refractivity contribution in [3.05, 3.63) is 44.5 Å². The molecule has 0 amide bonds. The lowest BCUT2D eigenvalue weighted by Gasteiger charge is -2.08. The fraction of sp³-hybridized carbons (Fsp3) is 0.182. The average Bonchev–Trinajstić information content (AvgIpc) is 2.63. The van der Waals surface area contributed by atoms with E-state index in [2.05, 4.69) is 10.3 Å². The van der Waals surface area contributed by atoms with Crippen LogP contribution in [0.3, 0.4) is 0 Å². The van der Waals surface area contributed by atoms with Gasteiger partial charge in [-0.2, -0.15) is 0 Å². The molecule has 1 aromatic heterocycles. The van der Waals surface area contributed by atoms with Crippen molar-refractivity contribution < 1.29 is 0 Å². The number of aromatic nitrogens is 1. The Labute approximate surface area is 97.1 Å². The number of anilines is 2. The predicted molar refractivity (Wildman–Crippen MR) is 67.9 cm³/mol. The first kappa shape index (κ1) is 10.8. The van der Waals surface area contributed by atoms with E-state index in [4.69, 9.17) is 5.73 Å². The van der Waals surface area contributed by atoms with Gasteiger partial charge < -0.3 is 16.0 Å². The molecule has 0 aliphatic rings. The quantitative estimate of drug-likeness (QED) is 0.712. The van der Waals surface area contributed by atoms with E-state index in [0.717, 1.165) is 22.6 Å². The summed E-state index contributed by atoms with van der Waals surface area (Å²) in [7, 11) is 0. The van der Waals surface area contributed by atoms with Crippen molar-refractivity contribution in [3.63, 3.8) is 0 Å². The van der Waals surface area contributed by atoms with Crippen LogP contribution in [0.5, 0.6) is 0 Å². The molecule has 0 fully saturated rings. The highest BCUT2D eigenvalue weighted by Crippen LogP contribution is 2.18. The number of nitrogen functional groups attached to an aromatic ring is 1. The topological polar surface area (TPSA) is 70.9 Å². The van der Waals surface area contributed by atoms with Gasteiger partial charge in [0.15, 0.2) is 0 Å². The summed E-state index contributed by atoms with van der Waals surface area (Å²) in [6.45, 7) is 2.61. The van der Waals surface area contributed by atoms with Crippen molar-refractivity contribution in [2.45, 2.75) is 13.5 Å². The molecule has 0 radical (unpaired) electrons. The zero-order valence-corrected chi connectivity index (χ0v) is 9.73. The van der Waals surface area contributed by atoms with E-state index >= 15 is 0 Å². The minimum absolute atomic E-state index is 0.0224. The summed E-state index contributed by atoms with van der Waals surface area (Å²) in [6, 6.07) is 5.71. The smallest absolute Gasteiger partial charge is 0.304 e. The normalized spacial score (nSPS) is 10.3. The van der Waals surface area contributed by atoms with Crippen LogP contribution in [-0.4, -0.2) is 4.98 Å². The fourth-order valence-electron chi connectivity index (χ4n) is 1.48. The average molecular weight is 235 g/mol. The first-order chi connectivity index (χ1) is 7.65. The number of benzene rings is 1. The third kappa shape index (κ3) is 2.43. The lowest BCUT2D eigenvalue weighted by Crippen LogP contribution is -2.04. The Hall–Kier alpha value is -1.75. The Bertz CT molecular complexity index is 544. The van der Waals surface area contributed by atoms with Gasteiger partial charge in [0, 0.05) is 22.4 Å². The highest BCUT2D eigenvalue weighted by Gasteiger charge is 2.00. The van der Waals surface area contributed by atoms with Gasteiger partial charge in [-0.15, -0.1) is 0 Å². The van der Waals surface area contributed by atoms with Gasteiger partial charge in [-0.25, -0.2) is 0 Å². The number of nitrogens with one attached hydrogen (secondary N) is 2. The summed E-state index contributed by atoms with van der Waals surface area (Å²) in [5.74, 6) is 0. The molecule has 16 heavy (non-hydrogen) atoms. The second-order valence-electron chi connectivity index (χ2n) is 3.60. The maximum atomic E-state index is 10.9. The van der Waals surface area contributed by atoms with E-state index in [9.17, 15) is 4.79 Å². The van der Waals surface area contributed by atoms with Crippen LogP contribution >= 0.6 is 11.3 Å². The van der Waals surface area contributed by atoms with Crippen molar-refractivity contribution in [2.24, 2.45) is 0 Å². The molecular weight excluding hydrogens is 222 g/mol. The molecule has 4 N–H and O–H groups in total. The molecule has 0 spiro atoms. The van der Waals surface area contributed by atoms with E-state index in [1.807, 2.05) is 30.5 Å². The van der Waals surface area contributed by atoms with Crippen LogP contribution in [0.15, 0.2) is 28.4 Å². The van der Waals surface area contributed by atoms with E-state index in [0.29, 0.717) is 6.54 Å². The molecule has 4 nitrogen and oxygen atoms in total. The lowest BCUT2D eigenvalue weighted by molar-refractivity contribution is 1.06. The molecular formula is C11H13N3OS. The molecule has 2 aromatic rings. The van der Waals surface area contributed by atoms with Crippen molar-refractivity contribution in [2.75, 3.05) is 11.1 Å². The maximum Gasteiger partial charge on any atom is 0.304 e. The van der Waals surface area contributed by atoms with Crippen molar-refractivity contribution >= 4 is 22.7 Å². The standard InChI is InChI=1S/C11H13N3OS/c1-7-4-8(12)2-3-10(7)13-5-9-6-16-11(15)14-9/h2-4,6,13H,5,12H2,1H3,(H,14,15). The number of rotatable bonds is 3. The molecule has 1 aromatic carbocycles. The molecule has 0 unspecified atom stereocenters. The minimum atomic E-state index is -0.0224. The molecule has 0 aliphatic heterocycles. The summed E-state index contributed by atoms with van der Waals surface area (Å²) in [6.07, 6.45) is 0. The molecule has 0 bridgehead atoms. The molecule has 0 aliphatic carbocycles. The number of hydrogen-bond acceptors (Lipinski definition) is 4. The number of nitrogens with two attached hydrogens (primary N) is 1. The van der Waals surface area contributed by atoms with Crippen LogP contribution in [0.2, 0.25) is 0 Å². The van der Waals surface area contributed by atoms with Gasteiger partial charge >= 0.3 is 4.87 Å². The molecule has 84 valence electrons. The van der Waals surface area contributed by atoms with E-state index in [1.54, 1.807) is 0 Å². The summed E-state index contributed by atoms with van der Waals surface area (Å²) in [5.41, 5.74) is 9.44. The molecule has 0 atom stereocenters. The Balaban J connectivity index is 2.07. The Kier molecular flexibility index (Phi) is 2.96. The van der Waals surface area contributed by atoms with Gasteiger partial charge in [-0.1, -0.05) is 11.3 Å². The molecule has 2 rings (SSSR count). The molecule has 0 saturated carbocycles. The van der Waals surface area contributed by atoms with Crippen LogP contribution in [0.1, 0.15) is 11.3 Å². The largest absolute Gasteiger partial charge is 0.399 e.